The first kappa shape index (κ1) is 23.2. The van der Waals surface area contributed by atoms with Crippen LogP contribution in [-0.2, 0) is 14.8 Å². The fourth-order valence-corrected chi connectivity index (χ4v) is 4.01. The number of rotatable bonds is 8. The summed E-state index contributed by atoms with van der Waals surface area (Å²) < 4.78 is 33.5. The molecule has 9 heteroatoms. The van der Waals surface area contributed by atoms with Crippen LogP contribution in [0.15, 0.2) is 59.5 Å². The van der Waals surface area contributed by atoms with E-state index in [4.69, 9.17) is 4.74 Å². The minimum Gasteiger partial charge on any atom is -0.481 e. The number of hydrogen-bond acceptors (Lipinski definition) is 6. The summed E-state index contributed by atoms with van der Waals surface area (Å²) in [6, 6.07) is 15.1. The van der Waals surface area contributed by atoms with E-state index in [9.17, 15) is 13.2 Å². The Morgan fingerprint density at radius 1 is 1.00 bits per heavy atom. The Kier molecular flexibility index (Phi) is 7.09. The number of amides is 1. The van der Waals surface area contributed by atoms with Gasteiger partial charge in [0.15, 0.2) is 6.10 Å². The van der Waals surface area contributed by atoms with Crippen LogP contribution in [0, 0.1) is 20.8 Å². The Labute approximate surface area is 188 Å². The molecule has 0 spiro atoms. The molecular formula is C23H26N4O4S. The molecule has 0 aliphatic heterocycles. The number of benzene rings is 2. The number of aromatic nitrogens is 2. The second-order valence-corrected chi connectivity index (χ2v) is 9.11. The molecule has 3 rings (SSSR count). The molecule has 0 aliphatic carbocycles. The second-order valence-electron chi connectivity index (χ2n) is 7.42. The second kappa shape index (κ2) is 9.78. The predicted octanol–water partition coefficient (Wildman–Crippen LogP) is 4.00. The van der Waals surface area contributed by atoms with Crippen LogP contribution >= 0.6 is 0 Å². The molecule has 8 nitrogen and oxygen atoms in total. The van der Waals surface area contributed by atoms with E-state index in [0.717, 1.165) is 5.56 Å². The molecule has 2 N–H and O–H groups in total. The zero-order chi connectivity index (χ0) is 23.3. The van der Waals surface area contributed by atoms with Gasteiger partial charge in [-0.25, -0.2) is 23.1 Å². The number of ether oxygens (including phenoxy) is 1. The van der Waals surface area contributed by atoms with Gasteiger partial charge < -0.3 is 10.1 Å². The zero-order valence-electron chi connectivity index (χ0n) is 18.4. The van der Waals surface area contributed by atoms with Gasteiger partial charge in [0.1, 0.15) is 5.75 Å². The summed E-state index contributed by atoms with van der Waals surface area (Å²) in [6.07, 6.45) is -0.199. The van der Waals surface area contributed by atoms with Crippen molar-refractivity contribution in [1.82, 2.24) is 9.97 Å². The van der Waals surface area contributed by atoms with Crippen molar-refractivity contribution in [3.8, 4) is 5.75 Å². The van der Waals surface area contributed by atoms with E-state index in [0.29, 0.717) is 29.2 Å². The van der Waals surface area contributed by atoms with Gasteiger partial charge in [-0.05, 0) is 75.2 Å². The third-order valence-corrected chi connectivity index (χ3v) is 5.92. The minimum absolute atomic E-state index is 0.0129. The van der Waals surface area contributed by atoms with Gasteiger partial charge in [0.25, 0.3) is 15.9 Å². The van der Waals surface area contributed by atoms with Gasteiger partial charge in [-0.15, -0.1) is 0 Å². The Balaban J connectivity index is 1.68. The molecule has 0 unspecified atom stereocenters. The molecule has 0 bridgehead atoms. The van der Waals surface area contributed by atoms with Crippen LogP contribution < -0.4 is 14.8 Å². The van der Waals surface area contributed by atoms with E-state index in [1.807, 2.05) is 32.0 Å². The molecule has 32 heavy (non-hydrogen) atoms. The predicted molar refractivity (Wildman–Crippen MR) is 123 cm³/mol. The smallest absolute Gasteiger partial charge is 0.265 e. The lowest BCUT2D eigenvalue weighted by atomic mass is 10.2. The standard InChI is InChI=1S/C23H26N4O4S/c1-5-21(31-19-8-6-7-15(2)13-19)22(28)26-18-9-11-20(12-10-18)32(29,30)27-23-24-16(3)14-17(4)25-23/h6-14,21H,5H2,1-4H3,(H,26,28)(H,24,25,27)/t21-/m0/s1. The molecule has 2 aromatic carbocycles. The number of nitrogens with one attached hydrogen (secondary N) is 2. The molecule has 0 saturated heterocycles. The van der Waals surface area contributed by atoms with Crippen molar-refractivity contribution in [2.75, 3.05) is 10.0 Å². The van der Waals surface area contributed by atoms with Gasteiger partial charge in [-0.1, -0.05) is 19.1 Å². The highest BCUT2D eigenvalue weighted by Gasteiger charge is 2.20. The van der Waals surface area contributed by atoms with Gasteiger partial charge in [-0.3, -0.25) is 4.79 Å². The molecule has 1 aromatic heterocycles. The lowest BCUT2D eigenvalue weighted by molar-refractivity contribution is -0.122. The third-order valence-electron chi connectivity index (χ3n) is 4.57. The molecule has 1 heterocycles. The van der Waals surface area contributed by atoms with Crippen molar-refractivity contribution in [1.29, 1.82) is 0 Å². The van der Waals surface area contributed by atoms with E-state index >= 15 is 0 Å². The van der Waals surface area contributed by atoms with E-state index < -0.39 is 16.1 Å². The van der Waals surface area contributed by atoms with E-state index in [1.165, 1.54) is 24.3 Å². The summed E-state index contributed by atoms with van der Waals surface area (Å²) in [7, 11) is -3.87. The Morgan fingerprint density at radius 2 is 1.66 bits per heavy atom. The quantitative estimate of drug-likeness (QED) is 0.532. The molecule has 0 aliphatic rings. The molecule has 0 fully saturated rings. The van der Waals surface area contributed by atoms with Crippen molar-refractivity contribution >= 4 is 27.6 Å². The first-order valence-corrected chi connectivity index (χ1v) is 11.6. The van der Waals surface area contributed by atoms with E-state index in [2.05, 4.69) is 20.0 Å². The SMILES string of the molecule is CC[C@H](Oc1cccc(C)c1)C(=O)Nc1ccc(S(=O)(=O)Nc2nc(C)cc(C)n2)cc1. The number of sulfonamides is 1. The lowest BCUT2D eigenvalue weighted by Crippen LogP contribution is -2.32. The number of nitrogens with zero attached hydrogens (tertiary/aromatic N) is 2. The summed E-state index contributed by atoms with van der Waals surface area (Å²) in [5, 5.41) is 2.77. The van der Waals surface area contributed by atoms with Gasteiger partial charge >= 0.3 is 0 Å². The molecule has 168 valence electrons. The molecule has 1 atom stereocenters. The monoisotopic (exact) mass is 454 g/mol. The Hall–Kier alpha value is -3.46. The van der Waals surface area contributed by atoms with Crippen LogP contribution in [0.2, 0.25) is 0 Å². The fourth-order valence-electron chi connectivity index (χ4n) is 3.07. The maximum Gasteiger partial charge on any atom is 0.265 e. The zero-order valence-corrected chi connectivity index (χ0v) is 19.2. The number of hydrogen-bond donors (Lipinski definition) is 2. The number of aryl methyl sites for hydroxylation is 3. The lowest BCUT2D eigenvalue weighted by Gasteiger charge is -2.17. The largest absolute Gasteiger partial charge is 0.481 e. The van der Waals surface area contributed by atoms with Gasteiger partial charge in [0.05, 0.1) is 4.90 Å². The van der Waals surface area contributed by atoms with Crippen molar-refractivity contribution in [3.05, 3.63) is 71.5 Å². The fraction of sp³-hybridized carbons (Fsp3) is 0.261. The number of anilines is 2. The molecule has 0 radical (unpaired) electrons. The highest BCUT2D eigenvalue weighted by atomic mass is 32.2. The van der Waals surface area contributed by atoms with Crippen molar-refractivity contribution in [3.63, 3.8) is 0 Å². The molecule has 3 aromatic rings. The summed E-state index contributed by atoms with van der Waals surface area (Å²) >= 11 is 0. The maximum atomic E-state index is 12.6. The van der Waals surface area contributed by atoms with Gasteiger partial charge in [0, 0.05) is 17.1 Å². The molecular weight excluding hydrogens is 428 g/mol. The first-order valence-electron chi connectivity index (χ1n) is 10.2. The van der Waals surface area contributed by atoms with Crippen LogP contribution in [0.4, 0.5) is 11.6 Å². The Morgan fingerprint density at radius 3 is 2.25 bits per heavy atom. The normalized spacial score (nSPS) is 12.1. The van der Waals surface area contributed by atoms with Crippen LogP contribution in [0.5, 0.6) is 5.75 Å². The first-order chi connectivity index (χ1) is 15.2. The van der Waals surface area contributed by atoms with Crippen LogP contribution in [0.3, 0.4) is 0 Å². The highest BCUT2D eigenvalue weighted by Crippen LogP contribution is 2.19. The maximum absolute atomic E-state index is 12.6. The van der Waals surface area contributed by atoms with E-state index in [1.54, 1.807) is 26.0 Å². The average molecular weight is 455 g/mol. The Bertz CT molecular complexity index is 1190. The van der Waals surface area contributed by atoms with Crippen molar-refractivity contribution < 1.29 is 17.9 Å². The molecule has 1 amide bonds. The van der Waals surface area contributed by atoms with Crippen LogP contribution in [-0.4, -0.2) is 30.4 Å². The van der Waals surface area contributed by atoms with Crippen LogP contribution in [0.25, 0.3) is 0 Å². The summed E-state index contributed by atoms with van der Waals surface area (Å²) in [6.45, 7) is 7.33. The topological polar surface area (TPSA) is 110 Å². The van der Waals surface area contributed by atoms with Crippen molar-refractivity contribution in [2.24, 2.45) is 0 Å². The highest BCUT2D eigenvalue weighted by molar-refractivity contribution is 7.92. The van der Waals surface area contributed by atoms with E-state index in [-0.39, 0.29) is 16.8 Å². The number of carbonyl (C=O) groups excluding carboxylic acids is 1. The van der Waals surface area contributed by atoms with Gasteiger partial charge in [0.2, 0.25) is 5.95 Å². The summed E-state index contributed by atoms with van der Waals surface area (Å²) in [5.74, 6) is 0.318. The van der Waals surface area contributed by atoms with Crippen LogP contribution in [0.1, 0.15) is 30.3 Å². The van der Waals surface area contributed by atoms with Crippen molar-refractivity contribution in [2.45, 2.75) is 45.1 Å². The van der Waals surface area contributed by atoms with Gasteiger partial charge in [-0.2, -0.15) is 0 Å². The summed E-state index contributed by atoms with van der Waals surface area (Å²) in [5.41, 5.74) is 2.82. The average Bonchev–Trinajstić information content (AvgIpc) is 2.71. The summed E-state index contributed by atoms with van der Waals surface area (Å²) in [4.78, 5) is 20.9. The molecule has 0 saturated carbocycles. The minimum atomic E-state index is -3.87. The third kappa shape index (κ3) is 6.04. The number of carbonyl (C=O) groups is 1.